The molecule has 1 aromatic carbocycles. The molecule has 0 aliphatic rings. The summed E-state index contributed by atoms with van der Waals surface area (Å²) in [5.41, 5.74) is 6.03. The maximum absolute atomic E-state index is 11.8. The SMILES string of the molecule is CCCC(N)c1n[nH]c(=O)n1-c1ccc([N+](=O)[O-])cc1. The van der Waals surface area contributed by atoms with E-state index in [1.54, 1.807) is 0 Å². The predicted molar refractivity (Wildman–Crippen MR) is 72.7 cm³/mol. The Morgan fingerprint density at radius 3 is 2.65 bits per heavy atom. The van der Waals surface area contributed by atoms with Gasteiger partial charge in [0.15, 0.2) is 5.82 Å². The lowest BCUT2D eigenvalue weighted by Gasteiger charge is -2.11. The average molecular weight is 277 g/mol. The van der Waals surface area contributed by atoms with E-state index in [9.17, 15) is 14.9 Å². The third-order valence-corrected chi connectivity index (χ3v) is 2.95. The molecule has 0 saturated heterocycles. The van der Waals surface area contributed by atoms with Crippen molar-refractivity contribution in [3.8, 4) is 5.69 Å². The maximum atomic E-state index is 11.8. The van der Waals surface area contributed by atoms with Gasteiger partial charge in [0, 0.05) is 12.1 Å². The van der Waals surface area contributed by atoms with Crippen molar-refractivity contribution in [1.82, 2.24) is 14.8 Å². The molecule has 8 nitrogen and oxygen atoms in total. The first-order valence-electron chi connectivity index (χ1n) is 6.22. The minimum atomic E-state index is -0.494. The fraction of sp³-hybridized carbons (Fsp3) is 0.333. The molecule has 0 fully saturated rings. The van der Waals surface area contributed by atoms with E-state index in [0.717, 1.165) is 6.42 Å². The number of aromatic nitrogens is 3. The molecule has 0 spiro atoms. The second kappa shape index (κ2) is 5.66. The van der Waals surface area contributed by atoms with E-state index < -0.39 is 10.6 Å². The summed E-state index contributed by atoms with van der Waals surface area (Å²) in [5.74, 6) is 0.422. The number of nitrogens with two attached hydrogens (primary N) is 1. The number of H-pyrrole nitrogens is 1. The molecule has 3 N–H and O–H groups in total. The Hall–Kier alpha value is -2.48. The molecule has 0 aliphatic heterocycles. The lowest BCUT2D eigenvalue weighted by molar-refractivity contribution is -0.384. The number of nitro benzene ring substituents is 1. The van der Waals surface area contributed by atoms with Crippen LogP contribution in [0.3, 0.4) is 0 Å². The monoisotopic (exact) mass is 277 g/mol. The Morgan fingerprint density at radius 1 is 1.45 bits per heavy atom. The van der Waals surface area contributed by atoms with E-state index in [-0.39, 0.29) is 11.7 Å². The van der Waals surface area contributed by atoms with Crippen LogP contribution in [0.25, 0.3) is 5.69 Å². The zero-order valence-corrected chi connectivity index (χ0v) is 10.9. The summed E-state index contributed by atoms with van der Waals surface area (Å²) < 4.78 is 1.34. The van der Waals surface area contributed by atoms with E-state index in [2.05, 4.69) is 10.2 Å². The highest BCUT2D eigenvalue weighted by Gasteiger charge is 2.17. The second-order valence-corrected chi connectivity index (χ2v) is 4.39. The van der Waals surface area contributed by atoms with Crippen LogP contribution in [0.4, 0.5) is 5.69 Å². The van der Waals surface area contributed by atoms with E-state index >= 15 is 0 Å². The Labute approximate surface area is 114 Å². The molecule has 106 valence electrons. The standard InChI is InChI=1S/C12H15N5O3/c1-2-3-10(13)11-14-15-12(18)16(11)8-4-6-9(7-5-8)17(19)20/h4-7,10H,2-3,13H2,1H3,(H,15,18). The highest BCUT2D eigenvalue weighted by molar-refractivity contribution is 5.41. The molecule has 2 rings (SSSR count). The highest BCUT2D eigenvalue weighted by atomic mass is 16.6. The first kappa shape index (κ1) is 13.9. The summed E-state index contributed by atoms with van der Waals surface area (Å²) in [6, 6.07) is 5.30. The maximum Gasteiger partial charge on any atom is 0.347 e. The van der Waals surface area contributed by atoms with E-state index in [1.165, 1.54) is 28.8 Å². The van der Waals surface area contributed by atoms with Crippen molar-refractivity contribution in [3.63, 3.8) is 0 Å². The molecule has 2 aromatic rings. The molecule has 0 radical (unpaired) electrons. The number of non-ortho nitro benzene ring substituents is 1. The first-order chi connectivity index (χ1) is 9.54. The van der Waals surface area contributed by atoms with Gasteiger partial charge in [-0.1, -0.05) is 13.3 Å². The van der Waals surface area contributed by atoms with Gasteiger partial charge in [-0.25, -0.2) is 14.5 Å². The molecule has 0 bridgehead atoms. The van der Waals surface area contributed by atoms with Crippen LogP contribution in [0, 0.1) is 10.1 Å². The summed E-state index contributed by atoms with van der Waals surface area (Å²) in [4.78, 5) is 22.0. The number of rotatable bonds is 5. The molecule has 1 heterocycles. The lowest BCUT2D eigenvalue weighted by atomic mass is 10.1. The fourth-order valence-electron chi connectivity index (χ4n) is 1.97. The minimum Gasteiger partial charge on any atom is -0.321 e. The van der Waals surface area contributed by atoms with Crippen LogP contribution in [0.1, 0.15) is 31.6 Å². The van der Waals surface area contributed by atoms with Gasteiger partial charge in [-0.15, -0.1) is 0 Å². The van der Waals surface area contributed by atoms with Gasteiger partial charge in [0.25, 0.3) is 5.69 Å². The smallest absolute Gasteiger partial charge is 0.321 e. The molecular weight excluding hydrogens is 262 g/mol. The van der Waals surface area contributed by atoms with Crippen LogP contribution in [0.15, 0.2) is 29.1 Å². The molecule has 20 heavy (non-hydrogen) atoms. The van der Waals surface area contributed by atoms with Crippen molar-refractivity contribution in [2.24, 2.45) is 5.73 Å². The van der Waals surface area contributed by atoms with Crippen LogP contribution >= 0.6 is 0 Å². The quantitative estimate of drug-likeness (QED) is 0.629. The van der Waals surface area contributed by atoms with Crippen molar-refractivity contribution in [3.05, 3.63) is 50.7 Å². The number of hydrogen-bond donors (Lipinski definition) is 2. The zero-order chi connectivity index (χ0) is 14.7. The Balaban J connectivity index is 2.44. The second-order valence-electron chi connectivity index (χ2n) is 4.39. The van der Waals surface area contributed by atoms with Gasteiger partial charge in [0.2, 0.25) is 0 Å². The number of aromatic amines is 1. The van der Waals surface area contributed by atoms with Crippen LogP contribution < -0.4 is 11.4 Å². The highest BCUT2D eigenvalue weighted by Crippen LogP contribution is 2.18. The fourth-order valence-corrected chi connectivity index (χ4v) is 1.97. The summed E-state index contributed by atoms with van der Waals surface area (Å²) in [5, 5.41) is 16.9. The minimum absolute atomic E-state index is 0.0373. The van der Waals surface area contributed by atoms with Crippen LogP contribution in [0.2, 0.25) is 0 Å². The van der Waals surface area contributed by atoms with Crippen molar-refractivity contribution in [1.29, 1.82) is 0 Å². The van der Waals surface area contributed by atoms with Gasteiger partial charge in [0.1, 0.15) is 0 Å². The predicted octanol–water partition coefficient (Wildman–Crippen LogP) is 1.27. The Kier molecular flexibility index (Phi) is 3.94. The lowest BCUT2D eigenvalue weighted by Crippen LogP contribution is -2.21. The zero-order valence-electron chi connectivity index (χ0n) is 10.9. The van der Waals surface area contributed by atoms with Gasteiger partial charge < -0.3 is 5.73 Å². The van der Waals surface area contributed by atoms with Gasteiger partial charge in [-0.3, -0.25) is 10.1 Å². The molecule has 0 saturated carbocycles. The molecule has 1 aromatic heterocycles. The molecule has 0 amide bonds. The van der Waals surface area contributed by atoms with Crippen molar-refractivity contribution < 1.29 is 4.92 Å². The number of nitrogens with one attached hydrogen (secondary N) is 1. The summed E-state index contributed by atoms with van der Waals surface area (Å²) >= 11 is 0. The number of hydrogen-bond acceptors (Lipinski definition) is 5. The Morgan fingerprint density at radius 2 is 2.10 bits per heavy atom. The van der Waals surface area contributed by atoms with Crippen molar-refractivity contribution in [2.45, 2.75) is 25.8 Å². The van der Waals surface area contributed by atoms with E-state index in [0.29, 0.717) is 17.9 Å². The first-order valence-corrected chi connectivity index (χ1v) is 6.22. The topological polar surface area (TPSA) is 120 Å². The normalized spacial score (nSPS) is 12.3. The van der Waals surface area contributed by atoms with Crippen molar-refractivity contribution >= 4 is 5.69 Å². The molecule has 8 heteroatoms. The largest absolute Gasteiger partial charge is 0.347 e. The number of nitro groups is 1. The molecule has 1 unspecified atom stereocenters. The molecule has 0 aliphatic carbocycles. The summed E-state index contributed by atoms with van der Waals surface area (Å²) in [7, 11) is 0. The van der Waals surface area contributed by atoms with Gasteiger partial charge in [0.05, 0.1) is 16.7 Å². The third kappa shape index (κ3) is 2.59. The van der Waals surface area contributed by atoms with Gasteiger partial charge in [-0.05, 0) is 18.6 Å². The van der Waals surface area contributed by atoms with Crippen LogP contribution in [-0.2, 0) is 0 Å². The van der Waals surface area contributed by atoms with E-state index in [1.807, 2.05) is 6.92 Å². The molecular formula is C12H15N5O3. The summed E-state index contributed by atoms with van der Waals surface area (Å²) in [6.07, 6.45) is 1.56. The van der Waals surface area contributed by atoms with Crippen LogP contribution in [-0.4, -0.2) is 19.7 Å². The van der Waals surface area contributed by atoms with Crippen molar-refractivity contribution in [2.75, 3.05) is 0 Å². The van der Waals surface area contributed by atoms with Crippen LogP contribution in [0.5, 0.6) is 0 Å². The van der Waals surface area contributed by atoms with Gasteiger partial charge in [-0.2, -0.15) is 5.10 Å². The average Bonchev–Trinajstić information content (AvgIpc) is 2.81. The van der Waals surface area contributed by atoms with Gasteiger partial charge >= 0.3 is 5.69 Å². The Bertz CT molecular complexity index is 658. The number of benzene rings is 1. The van der Waals surface area contributed by atoms with E-state index in [4.69, 9.17) is 5.73 Å². The summed E-state index contributed by atoms with van der Waals surface area (Å²) in [6.45, 7) is 1.99. The number of nitrogens with zero attached hydrogens (tertiary/aromatic N) is 3. The third-order valence-electron chi connectivity index (χ3n) is 2.95. The molecule has 1 atom stereocenters.